The highest BCUT2D eigenvalue weighted by atomic mass is 19.1. The Morgan fingerprint density at radius 3 is 2.45 bits per heavy atom. The number of rotatable bonds is 7. The highest BCUT2D eigenvalue weighted by Crippen LogP contribution is 2.27. The number of ether oxygens (including phenoxy) is 1. The Hall–Kier alpha value is -3.56. The van der Waals surface area contributed by atoms with Crippen molar-refractivity contribution in [3.05, 3.63) is 58.1 Å². The molecule has 3 rings (SSSR count). The van der Waals surface area contributed by atoms with Crippen LogP contribution in [0.1, 0.15) is 32.1 Å². The average molecular weight is 433 g/mol. The minimum Gasteiger partial charge on any atom is -0.484 e. The van der Waals surface area contributed by atoms with Gasteiger partial charge in [-0.1, -0.05) is 19.3 Å². The van der Waals surface area contributed by atoms with Crippen molar-refractivity contribution < 1.29 is 28.0 Å². The summed E-state index contributed by atoms with van der Waals surface area (Å²) in [4.78, 5) is 34.2. The van der Waals surface area contributed by atoms with E-state index in [0.717, 1.165) is 50.3 Å². The third-order valence-electron chi connectivity index (χ3n) is 4.97. The lowest BCUT2D eigenvalue weighted by molar-refractivity contribution is -0.387. The number of amides is 2. The summed E-state index contributed by atoms with van der Waals surface area (Å²) in [5.41, 5.74) is -0.499. The predicted octanol–water partition coefficient (Wildman–Crippen LogP) is 4.41. The number of nitrogens with zero attached hydrogens (tertiary/aromatic N) is 1. The third-order valence-corrected chi connectivity index (χ3v) is 4.97. The number of anilines is 2. The number of halogens is 2. The molecule has 31 heavy (non-hydrogen) atoms. The summed E-state index contributed by atoms with van der Waals surface area (Å²) in [6.45, 7) is -0.502. The van der Waals surface area contributed by atoms with Crippen LogP contribution in [-0.2, 0) is 9.59 Å². The summed E-state index contributed by atoms with van der Waals surface area (Å²) in [5.74, 6) is -2.78. The molecule has 164 valence electrons. The summed E-state index contributed by atoms with van der Waals surface area (Å²) in [6.07, 6.45) is 4.56. The van der Waals surface area contributed by atoms with E-state index in [2.05, 4.69) is 10.6 Å². The zero-order valence-corrected chi connectivity index (χ0v) is 16.5. The van der Waals surface area contributed by atoms with Gasteiger partial charge in [0, 0.05) is 23.7 Å². The molecule has 0 aromatic heterocycles. The maximum atomic E-state index is 14.1. The lowest BCUT2D eigenvalue weighted by Crippen LogP contribution is -2.25. The Bertz CT molecular complexity index is 993. The Balaban J connectivity index is 1.57. The van der Waals surface area contributed by atoms with E-state index in [1.54, 1.807) is 0 Å². The molecule has 0 heterocycles. The largest absolute Gasteiger partial charge is 0.484 e. The number of carbonyl (C=O) groups excluding carboxylic acids is 2. The number of nitro groups is 1. The normalized spacial score (nSPS) is 14.0. The van der Waals surface area contributed by atoms with Gasteiger partial charge in [0.15, 0.2) is 6.61 Å². The quantitative estimate of drug-likeness (QED) is 0.496. The summed E-state index contributed by atoms with van der Waals surface area (Å²) in [7, 11) is 0. The van der Waals surface area contributed by atoms with Gasteiger partial charge >= 0.3 is 5.69 Å². The first-order valence-electron chi connectivity index (χ1n) is 9.80. The number of hydrogen-bond donors (Lipinski definition) is 2. The van der Waals surface area contributed by atoms with Gasteiger partial charge in [0.1, 0.15) is 11.6 Å². The molecule has 1 aliphatic rings. The Kier molecular flexibility index (Phi) is 7.11. The highest BCUT2D eigenvalue weighted by molar-refractivity contribution is 5.95. The van der Waals surface area contributed by atoms with Crippen LogP contribution >= 0.6 is 0 Å². The summed E-state index contributed by atoms with van der Waals surface area (Å²) in [6, 6.07) is 6.67. The molecule has 0 spiro atoms. The predicted molar refractivity (Wildman–Crippen MR) is 109 cm³/mol. The smallest absolute Gasteiger partial charge is 0.305 e. The summed E-state index contributed by atoms with van der Waals surface area (Å²) >= 11 is 0. The molecule has 0 saturated heterocycles. The fourth-order valence-electron chi connectivity index (χ4n) is 3.37. The Morgan fingerprint density at radius 1 is 1.03 bits per heavy atom. The first-order chi connectivity index (χ1) is 14.8. The SMILES string of the molecule is O=C(COc1ccc([N+](=O)[O-])c(F)c1)Nc1ccc(F)c(NC(=O)C2CCCCC2)c1. The van der Waals surface area contributed by atoms with Crippen LogP contribution < -0.4 is 15.4 Å². The van der Waals surface area contributed by atoms with Crippen LogP contribution in [0.5, 0.6) is 5.75 Å². The third kappa shape index (κ3) is 5.97. The van der Waals surface area contributed by atoms with Crippen molar-refractivity contribution in [2.45, 2.75) is 32.1 Å². The molecule has 0 aliphatic heterocycles. The van der Waals surface area contributed by atoms with Gasteiger partial charge in [-0.25, -0.2) is 4.39 Å². The molecule has 2 aromatic rings. The molecule has 8 nitrogen and oxygen atoms in total. The monoisotopic (exact) mass is 433 g/mol. The minimum atomic E-state index is -1.08. The van der Waals surface area contributed by atoms with Crippen molar-refractivity contribution in [1.29, 1.82) is 0 Å². The van der Waals surface area contributed by atoms with Crippen LogP contribution in [0.3, 0.4) is 0 Å². The molecule has 2 aromatic carbocycles. The van der Waals surface area contributed by atoms with Crippen molar-refractivity contribution in [3.63, 3.8) is 0 Å². The van der Waals surface area contributed by atoms with Crippen LogP contribution in [0.2, 0.25) is 0 Å². The fourth-order valence-corrected chi connectivity index (χ4v) is 3.37. The van der Waals surface area contributed by atoms with Crippen molar-refractivity contribution in [2.24, 2.45) is 5.92 Å². The minimum absolute atomic E-state index is 0.0354. The number of benzene rings is 2. The first kappa shape index (κ1) is 22.1. The second-order valence-corrected chi connectivity index (χ2v) is 7.23. The second kappa shape index (κ2) is 9.96. The summed E-state index contributed by atoms with van der Waals surface area (Å²) in [5, 5.41) is 15.7. The standard InChI is InChI=1S/C21H21F2N3O5/c22-16-8-6-14(10-18(16)25-21(28)13-4-2-1-3-5-13)24-20(27)12-31-15-7-9-19(26(29)30)17(23)11-15/h6-11,13H,1-5,12H2,(H,24,27)(H,25,28). The Morgan fingerprint density at radius 2 is 1.77 bits per heavy atom. The molecule has 1 fully saturated rings. The van der Waals surface area contributed by atoms with Crippen molar-refractivity contribution in [3.8, 4) is 5.75 Å². The molecule has 0 radical (unpaired) electrons. The van der Waals surface area contributed by atoms with Gasteiger partial charge in [-0.3, -0.25) is 19.7 Å². The molecule has 2 N–H and O–H groups in total. The zero-order chi connectivity index (χ0) is 22.4. The van der Waals surface area contributed by atoms with Crippen molar-refractivity contribution >= 4 is 28.9 Å². The molecule has 1 aliphatic carbocycles. The van der Waals surface area contributed by atoms with Crippen LogP contribution in [0.4, 0.5) is 25.8 Å². The van der Waals surface area contributed by atoms with Gasteiger partial charge in [0.25, 0.3) is 5.91 Å². The van der Waals surface area contributed by atoms with E-state index in [1.807, 2.05) is 0 Å². The molecule has 0 bridgehead atoms. The van der Waals surface area contributed by atoms with Crippen molar-refractivity contribution in [1.82, 2.24) is 0 Å². The van der Waals surface area contributed by atoms with E-state index in [1.165, 1.54) is 18.2 Å². The maximum absolute atomic E-state index is 14.1. The highest BCUT2D eigenvalue weighted by Gasteiger charge is 2.22. The van der Waals surface area contributed by atoms with Gasteiger partial charge in [-0.05, 0) is 37.1 Å². The first-order valence-corrected chi connectivity index (χ1v) is 9.80. The van der Waals surface area contributed by atoms with E-state index in [-0.39, 0.29) is 28.9 Å². The van der Waals surface area contributed by atoms with E-state index in [4.69, 9.17) is 4.74 Å². The van der Waals surface area contributed by atoms with Gasteiger partial charge in [0.05, 0.1) is 10.6 Å². The van der Waals surface area contributed by atoms with Gasteiger partial charge in [0.2, 0.25) is 11.7 Å². The lowest BCUT2D eigenvalue weighted by Gasteiger charge is -2.21. The maximum Gasteiger partial charge on any atom is 0.305 e. The van der Waals surface area contributed by atoms with Crippen LogP contribution in [-0.4, -0.2) is 23.3 Å². The molecule has 0 unspecified atom stereocenters. The molecular formula is C21H21F2N3O5. The Labute approximate surface area is 176 Å². The second-order valence-electron chi connectivity index (χ2n) is 7.23. The van der Waals surface area contributed by atoms with Gasteiger partial charge < -0.3 is 15.4 Å². The molecule has 2 amide bonds. The molecule has 0 atom stereocenters. The van der Waals surface area contributed by atoms with Crippen LogP contribution in [0.15, 0.2) is 36.4 Å². The van der Waals surface area contributed by atoms with E-state index in [9.17, 15) is 28.5 Å². The number of nitro benzene ring substituents is 1. The molecule has 10 heteroatoms. The average Bonchev–Trinajstić information content (AvgIpc) is 2.75. The summed E-state index contributed by atoms with van der Waals surface area (Å²) < 4.78 is 32.8. The van der Waals surface area contributed by atoms with E-state index in [0.29, 0.717) is 0 Å². The fraction of sp³-hybridized carbons (Fsp3) is 0.333. The topological polar surface area (TPSA) is 111 Å². The zero-order valence-electron chi connectivity index (χ0n) is 16.5. The van der Waals surface area contributed by atoms with E-state index >= 15 is 0 Å². The molecular weight excluding hydrogens is 412 g/mol. The molecule has 1 saturated carbocycles. The van der Waals surface area contributed by atoms with Crippen LogP contribution in [0, 0.1) is 27.7 Å². The van der Waals surface area contributed by atoms with Gasteiger partial charge in [-0.2, -0.15) is 4.39 Å². The van der Waals surface area contributed by atoms with Gasteiger partial charge in [-0.15, -0.1) is 0 Å². The van der Waals surface area contributed by atoms with Crippen LogP contribution in [0.25, 0.3) is 0 Å². The van der Waals surface area contributed by atoms with E-state index < -0.39 is 34.8 Å². The number of carbonyl (C=O) groups is 2. The lowest BCUT2D eigenvalue weighted by atomic mass is 9.88. The number of hydrogen-bond acceptors (Lipinski definition) is 5. The number of nitrogens with one attached hydrogen (secondary N) is 2. The van der Waals surface area contributed by atoms with Crippen molar-refractivity contribution in [2.75, 3.05) is 17.2 Å².